The number of allylic oxidation sites excluding steroid dienone is 2. The molecule has 2 nitrogen and oxygen atoms in total. The fraction of sp³-hybridized carbons (Fsp3) is 0.500. The average molecular weight is 138 g/mol. The molecular formula is C8H14N2. The largest absolute Gasteiger partial charge is 0.287 e. The number of nitrogens with one attached hydrogen (secondary N) is 1. The number of hydrogen-bond donors (Lipinski definition) is 1. The van der Waals surface area contributed by atoms with Gasteiger partial charge in [0.1, 0.15) is 5.84 Å². The number of hydrogen-bond acceptors (Lipinski definition) is 1. The average Bonchev–Trinajstić information content (AvgIpc) is 1.82. The zero-order chi connectivity index (χ0) is 7.98. The summed E-state index contributed by atoms with van der Waals surface area (Å²) in [6.45, 7) is 5.63. The Hall–Kier alpha value is -0.920. The number of nitrogens with zero attached hydrogens (tertiary/aromatic N) is 1. The van der Waals surface area contributed by atoms with Crippen LogP contribution in [0.1, 0.15) is 27.2 Å². The smallest absolute Gasteiger partial charge is 0.117 e. The highest BCUT2D eigenvalue weighted by molar-refractivity contribution is 6.00. The van der Waals surface area contributed by atoms with E-state index in [1.54, 1.807) is 6.92 Å². The van der Waals surface area contributed by atoms with Crippen molar-refractivity contribution >= 4 is 11.5 Å². The quantitative estimate of drug-likeness (QED) is 0.449. The van der Waals surface area contributed by atoms with Gasteiger partial charge in [0.15, 0.2) is 0 Å². The van der Waals surface area contributed by atoms with Crippen molar-refractivity contribution in [1.82, 2.24) is 0 Å². The normalized spacial score (nSPS) is 12.5. The summed E-state index contributed by atoms with van der Waals surface area (Å²) in [4.78, 5) is 3.93. The van der Waals surface area contributed by atoms with E-state index in [0.717, 1.165) is 12.1 Å². The predicted octanol–water partition coefficient (Wildman–Crippen LogP) is 2.41. The summed E-state index contributed by atoms with van der Waals surface area (Å²) in [7, 11) is 0. The lowest BCUT2D eigenvalue weighted by atomic mass is 10.3. The van der Waals surface area contributed by atoms with Crippen LogP contribution in [-0.2, 0) is 0 Å². The highest BCUT2D eigenvalue weighted by Gasteiger charge is 1.82. The van der Waals surface area contributed by atoms with Crippen molar-refractivity contribution in [1.29, 1.82) is 5.41 Å². The highest BCUT2D eigenvalue weighted by Crippen LogP contribution is 1.85. The van der Waals surface area contributed by atoms with Crippen molar-refractivity contribution in [3.63, 3.8) is 0 Å². The second-order valence-electron chi connectivity index (χ2n) is 2.15. The fourth-order valence-corrected chi connectivity index (χ4v) is 0.590. The topological polar surface area (TPSA) is 36.2 Å². The summed E-state index contributed by atoms with van der Waals surface area (Å²) in [6, 6.07) is 0. The maximum absolute atomic E-state index is 7.04. The summed E-state index contributed by atoms with van der Waals surface area (Å²) >= 11 is 0. The van der Waals surface area contributed by atoms with E-state index in [9.17, 15) is 0 Å². The maximum atomic E-state index is 7.04. The molecule has 0 heterocycles. The zero-order valence-electron chi connectivity index (χ0n) is 6.81. The minimum atomic E-state index is 0.359. The van der Waals surface area contributed by atoms with Gasteiger partial charge >= 0.3 is 0 Å². The number of rotatable bonds is 2. The Kier molecular flexibility index (Phi) is 4.46. The molecule has 0 spiro atoms. The first-order valence-electron chi connectivity index (χ1n) is 3.43. The summed E-state index contributed by atoms with van der Waals surface area (Å²) in [5.74, 6) is 0.359. The summed E-state index contributed by atoms with van der Waals surface area (Å²) in [5, 5.41) is 7.04. The van der Waals surface area contributed by atoms with Crippen molar-refractivity contribution < 1.29 is 0 Å². The molecular weight excluding hydrogens is 124 g/mol. The Morgan fingerprint density at radius 1 is 1.50 bits per heavy atom. The molecule has 0 atom stereocenters. The van der Waals surface area contributed by atoms with Gasteiger partial charge in [-0.3, -0.25) is 5.41 Å². The standard InChI is InChI=1S/C8H14N2/c1-4-5-6-7(2)10-8(3)9/h5-6,9H,4H2,1-3H3/b6-5+,9-8?,10-7-. The molecule has 0 aliphatic carbocycles. The van der Waals surface area contributed by atoms with Gasteiger partial charge in [-0.05, 0) is 26.3 Å². The third-order valence-corrected chi connectivity index (χ3v) is 0.939. The van der Waals surface area contributed by atoms with E-state index >= 15 is 0 Å². The van der Waals surface area contributed by atoms with Crippen molar-refractivity contribution in [3.05, 3.63) is 12.2 Å². The zero-order valence-corrected chi connectivity index (χ0v) is 6.81. The summed E-state index contributed by atoms with van der Waals surface area (Å²) in [6.07, 6.45) is 4.98. The van der Waals surface area contributed by atoms with Gasteiger partial charge in [0.25, 0.3) is 0 Å². The van der Waals surface area contributed by atoms with Crippen molar-refractivity contribution in [2.75, 3.05) is 0 Å². The van der Waals surface area contributed by atoms with Crippen LogP contribution in [0.15, 0.2) is 17.1 Å². The van der Waals surface area contributed by atoms with Crippen LogP contribution in [0.4, 0.5) is 0 Å². The second kappa shape index (κ2) is 4.91. The summed E-state index contributed by atoms with van der Waals surface area (Å²) in [5.41, 5.74) is 0.898. The van der Waals surface area contributed by atoms with E-state index in [2.05, 4.69) is 11.9 Å². The monoisotopic (exact) mass is 138 g/mol. The Morgan fingerprint density at radius 2 is 2.10 bits per heavy atom. The third-order valence-electron chi connectivity index (χ3n) is 0.939. The van der Waals surface area contributed by atoms with Gasteiger partial charge in [0.05, 0.1) is 0 Å². The van der Waals surface area contributed by atoms with Gasteiger partial charge in [0.2, 0.25) is 0 Å². The molecule has 10 heavy (non-hydrogen) atoms. The van der Waals surface area contributed by atoms with Crippen LogP contribution in [0, 0.1) is 5.41 Å². The molecule has 0 bridgehead atoms. The Labute approximate surface area is 62.2 Å². The van der Waals surface area contributed by atoms with Crippen molar-refractivity contribution in [3.8, 4) is 0 Å². The SMILES string of the molecule is CC/C=C/C(C)=N\C(C)=N. The van der Waals surface area contributed by atoms with Gasteiger partial charge in [-0.25, -0.2) is 4.99 Å². The molecule has 0 aliphatic heterocycles. The minimum absolute atomic E-state index is 0.359. The van der Waals surface area contributed by atoms with Gasteiger partial charge in [-0.15, -0.1) is 0 Å². The molecule has 2 heteroatoms. The molecule has 0 fully saturated rings. The van der Waals surface area contributed by atoms with Crippen LogP contribution in [0.25, 0.3) is 0 Å². The van der Waals surface area contributed by atoms with E-state index < -0.39 is 0 Å². The number of aliphatic imine (C=N–C) groups is 1. The van der Waals surface area contributed by atoms with Gasteiger partial charge < -0.3 is 0 Å². The fourth-order valence-electron chi connectivity index (χ4n) is 0.590. The molecule has 0 aromatic heterocycles. The van der Waals surface area contributed by atoms with Crippen molar-refractivity contribution in [2.24, 2.45) is 4.99 Å². The molecule has 0 aliphatic rings. The first kappa shape index (κ1) is 9.08. The van der Waals surface area contributed by atoms with Crippen LogP contribution < -0.4 is 0 Å². The molecule has 0 unspecified atom stereocenters. The molecule has 0 aromatic rings. The van der Waals surface area contributed by atoms with Crippen LogP contribution >= 0.6 is 0 Å². The van der Waals surface area contributed by atoms with E-state index in [4.69, 9.17) is 5.41 Å². The van der Waals surface area contributed by atoms with Crippen LogP contribution in [0.5, 0.6) is 0 Å². The van der Waals surface area contributed by atoms with Crippen LogP contribution in [-0.4, -0.2) is 11.5 Å². The van der Waals surface area contributed by atoms with Gasteiger partial charge in [0, 0.05) is 5.71 Å². The Morgan fingerprint density at radius 3 is 2.50 bits per heavy atom. The maximum Gasteiger partial charge on any atom is 0.117 e. The molecule has 56 valence electrons. The molecule has 0 aromatic carbocycles. The molecule has 1 N–H and O–H groups in total. The third kappa shape index (κ3) is 5.22. The lowest BCUT2D eigenvalue weighted by molar-refractivity contribution is 1.23. The van der Waals surface area contributed by atoms with Crippen LogP contribution in [0.2, 0.25) is 0 Å². The highest BCUT2D eigenvalue weighted by atomic mass is 14.8. The lowest BCUT2D eigenvalue weighted by Crippen LogP contribution is -1.89. The van der Waals surface area contributed by atoms with E-state index in [1.165, 1.54) is 0 Å². The second-order valence-corrected chi connectivity index (χ2v) is 2.15. The summed E-state index contributed by atoms with van der Waals surface area (Å²) < 4.78 is 0. The molecule has 0 rings (SSSR count). The molecule has 0 saturated carbocycles. The van der Waals surface area contributed by atoms with Gasteiger partial charge in [-0.2, -0.15) is 0 Å². The first-order chi connectivity index (χ1) is 4.66. The van der Waals surface area contributed by atoms with E-state index in [0.29, 0.717) is 5.84 Å². The van der Waals surface area contributed by atoms with Crippen LogP contribution in [0.3, 0.4) is 0 Å². The molecule has 0 radical (unpaired) electrons. The number of amidine groups is 1. The first-order valence-corrected chi connectivity index (χ1v) is 3.43. The minimum Gasteiger partial charge on any atom is -0.287 e. The Bertz CT molecular complexity index is 166. The predicted molar refractivity (Wildman–Crippen MR) is 45.9 cm³/mol. The molecule has 0 amide bonds. The van der Waals surface area contributed by atoms with E-state index in [1.807, 2.05) is 19.1 Å². The lowest BCUT2D eigenvalue weighted by Gasteiger charge is -1.88. The van der Waals surface area contributed by atoms with Gasteiger partial charge in [-0.1, -0.05) is 13.0 Å². The Balaban J connectivity index is 3.94. The van der Waals surface area contributed by atoms with Crippen molar-refractivity contribution in [2.45, 2.75) is 27.2 Å². The molecule has 0 saturated heterocycles. The van der Waals surface area contributed by atoms with E-state index in [-0.39, 0.29) is 0 Å².